The van der Waals surface area contributed by atoms with Crippen molar-refractivity contribution >= 4 is 38.8 Å². The molecule has 3 aromatic heterocycles. The van der Waals surface area contributed by atoms with Gasteiger partial charge in [-0.2, -0.15) is 14.2 Å². The van der Waals surface area contributed by atoms with E-state index in [4.69, 9.17) is 10.5 Å². The van der Waals surface area contributed by atoms with Gasteiger partial charge in [-0.3, -0.25) is 9.59 Å². The summed E-state index contributed by atoms with van der Waals surface area (Å²) in [5.41, 5.74) is 6.37. The maximum atomic E-state index is 13.5. The Balaban J connectivity index is 1.48. The number of nitrogens with zero attached hydrogens (tertiary/aromatic N) is 5. The molecule has 34 heavy (non-hydrogen) atoms. The lowest BCUT2D eigenvalue weighted by Crippen LogP contribution is -2.49. The average molecular weight is 481 g/mol. The molecule has 2 N–H and O–H groups in total. The zero-order valence-electron chi connectivity index (χ0n) is 18.3. The highest BCUT2D eigenvalue weighted by atomic mass is 32.1. The second-order valence-corrected chi connectivity index (χ2v) is 8.66. The van der Waals surface area contributed by atoms with Gasteiger partial charge in [0, 0.05) is 36.9 Å². The second kappa shape index (κ2) is 8.75. The van der Waals surface area contributed by atoms with Crippen LogP contribution in [-0.2, 0) is 0 Å². The molecule has 0 bridgehead atoms. The number of nitrogens with two attached hydrogens (primary N) is 1. The zero-order valence-corrected chi connectivity index (χ0v) is 19.1. The van der Waals surface area contributed by atoms with Crippen molar-refractivity contribution in [2.45, 2.75) is 0 Å². The molecule has 4 aromatic rings. The number of rotatable bonds is 4. The van der Waals surface area contributed by atoms with Crippen LogP contribution < -0.4 is 20.9 Å². The normalized spacial score (nSPS) is 13.9. The van der Waals surface area contributed by atoms with Crippen molar-refractivity contribution < 1.29 is 13.9 Å². The third-order valence-corrected chi connectivity index (χ3v) is 6.60. The minimum atomic E-state index is -0.543. The van der Waals surface area contributed by atoms with Gasteiger partial charge in [0.15, 0.2) is 5.69 Å². The minimum Gasteiger partial charge on any atom is -0.497 e. The number of carbonyl (C=O) groups excluding carboxylic acids is 1. The van der Waals surface area contributed by atoms with Crippen molar-refractivity contribution in [1.82, 2.24) is 19.7 Å². The highest BCUT2D eigenvalue weighted by Gasteiger charge is 2.28. The first kappa shape index (κ1) is 21.8. The first-order chi connectivity index (χ1) is 16.5. The summed E-state index contributed by atoms with van der Waals surface area (Å²) in [6.45, 7) is 1.80. The third-order valence-electron chi connectivity index (χ3n) is 5.79. The monoisotopic (exact) mass is 480 g/mol. The van der Waals surface area contributed by atoms with E-state index in [0.717, 1.165) is 0 Å². The van der Waals surface area contributed by atoms with E-state index in [0.29, 0.717) is 53.8 Å². The van der Waals surface area contributed by atoms with Crippen molar-refractivity contribution in [3.05, 3.63) is 69.8 Å². The quantitative estimate of drug-likeness (QED) is 0.448. The van der Waals surface area contributed by atoms with E-state index >= 15 is 0 Å². The van der Waals surface area contributed by atoms with Gasteiger partial charge in [0.25, 0.3) is 11.5 Å². The fraction of sp³-hybridized carbons (Fsp3) is 0.217. The zero-order chi connectivity index (χ0) is 23.8. The Kier molecular flexibility index (Phi) is 5.62. The highest BCUT2D eigenvalue weighted by Crippen LogP contribution is 2.28. The Morgan fingerprint density at radius 3 is 2.53 bits per heavy atom. The van der Waals surface area contributed by atoms with E-state index < -0.39 is 11.5 Å². The van der Waals surface area contributed by atoms with E-state index in [9.17, 15) is 14.0 Å². The maximum absolute atomic E-state index is 13.5. The number of aromatic nitrogens is 3. The molecule has 1 aliphatic heterocycles. The number of hydrogen-bond donors (Lipinski definition) is 1. The van der Waals surface area contributed by atoms with Gasteiger partial charge in [-0.15, -0.1) is 11.3 Å². The van der Waals surface area contributed by atoms with Gasteiger partial charge >= 0.3 is 0 Å². The molecule has 0 aliphatic carbocycles. The van der Waals surface area contributed by atoms with Crippen LogP contribution in [0.25, 0.3) is 16.5 Å². The summed E-state index contributed by atoms with van der Waals surface area (Å²) in [4.78, 5) is 34.2. The largest absolute Gasteiger partial charge is 0.497 e. The number of ether oxygens (including phenoxy) is 1. The molecule has 0 spiro atoms. The van der Waals surface area contributed by atoms with Crippen molar-refractivity contribution in [3.8, 4) is 11.4 Å². The predicted molar refractivity (Wildman–Crippen MR) is 128 cm³/mol. The molecule has 0 saturated carbocycles. The van der Waals surface area contributed by atoms with Crippen LogP contribution in [0.5, 0.6) is 5.75 Å². The number of nitrogen functional groups attached to an aromatic ring is 1. The molecule has 0 unspecified atom stereocenters. The van der Waals surface area contributed by atoms with Gasteiger partial charge in [0.2, 0.25) is 5.95 Å². The summed E-state index contributed by atoms with van der Waals surface area (Å²) < 4.78 is 19.9. The van der Waals surface area contributed by atoms with Crippen molar-refractivity contribution in [2.75, 3.05) is 43.9 Å². The van der Waals surface area contributed by atoms with Crippen molar-refractivity contribution in [3.63, 3.8) is 0 Å². The Hall–Kier alpha value is -3.99. The van der Waals surface area contributed by atoms with Crippen LogP contribution >= 0.6 is 11.3 Å². The first-order valence-electron chi connectivity index (χ1n) is 10.6. The lowest BCUT2D eigenvalue weighted by Gasteiger charge is -2.35. The Morgan fingerprint density at radius 2 is 1.85 bits per heavy atom. The number of methoxy groups -OCH3 is 1. The maximum Gasteiger partial charge on any atom is 0.282 e. The molecule has 0 radical (unpaired) electrons. The molecular weight excluding hydrogens is 459 g/mol. The Labute approximate surface area is 197 Å². The van der Waals surface area contributed by atoms with E-state index in [1.165, 1.54) is 22.1 Å². The first-order valence-corrected chi connectivity index (χ1v) is 11.5. The summed E-state index contributed by atoms with van der Waals surface area (Å²) >= 11 is 1.20. The lowest BCUT2D eigenvalue weighted by atomic mass is 10.2. The van der Waals surface area contributed by atoms with Crippen LogP contribution in [-0.4, -0.2) is 58.9 Å². The molecule has 1 fully saturated rings. The number of thiophene rings is 1. The van der Waals surface area contributed by atoms with E-state index in [-0.39, 0.29) is 17.0 Å². The molecule has 4 heterocycles. The molecule has 1 saturated heterocycles. The summed E-state index contributed by atoms with van der Waals surface area (Å²) in [6.07, 6.45) is 0. The standard InChI is InChI=1S/C23H21FN6O3S/c1-33-15-7-5-14(6-8-15)30-22(31)19-16(13-34-21(19)25)20(27-30)23(32)29-11-9-28(10-12-29)18-4-2-3-17(24)26-18/h2-8,13H,9-12,25H2,1H3. The number of anilines is 2. The van der Waals surface area contributed by atoms with Gasteiger partial charge in [0.1, 0.15) is 11.6 Å². The van der Waals surface area contributed by atoms with Gasteiger partial charge in [-0.05, 0) is 36.4 Å². The van der Waals surface area contributed by atoms with Crippen LogP contribution in [0.15, 0.2) is 52.6 Å². The Bertz CT molecular complexity index is 1430. The topological polar surface area (TPSA) is 107 Å². The van der Waals surface area contributed by atoms with Gasteiger partial charge in [0.05, 0.1) is 23.2 Å². The van der Waals surface area contributed by atoms with Crippen LogP contribution in [0.3, 0.4) is 0 Å². The summed E-state index contributed by atoms with van der Waals surface area (Å²) in [6, 6.07) is 11.5. The number of piperazine rings is 1. The van der Waals surface area contributed by atoms with E-state index in [1.54, 1.807) is 53.8 Å². The second-order valence-electron chi connectivity index (χ2n) is 7.75. The Morgan fingerprint density at radius 1 is 1.12 bits per heavy atom. The number of hydrogen-bond acceptors (Lipinski definition) is 8. The number of carbonyl (C=O) groups is 1. The van der Waals surface area contributed by atoms with Crippen LogP contribution in [0.2, 0.25) is 0 Å². The van der Waals surface area contributed by atoms with Crippen molar-refractivity contribution in [1.29, 1.82) is 0 Å². The molecule has 0 atom stereocenters. The molecule has 1 aromatic carbocycles. The molecular formula is C23H21FN6O3S. The fourth-order valence-electron chi connectivity index (χ4n) is 3.99. The minimum absolute atomic E-state index is 0.163. The number of amides is 1. The molecule has 1 aliphatic rings. The lowest BCUT2D eigenvalue weighted by molar-refractivity contribution is 0.0741. The summed E-state index contributed by atoms with van der Waals surface area (Å²) in [5.74, 6) is 0.330. The average Bonchev–Trinajstić information content (AvgIpc) is 3.26. The van der Waals surface area contributed by atoms with Crippen molar-refractivity contribution in [2.24, 2.45) is 0 Å². The molecule has 174 valence electrons. The van der Waals surface area contributed by atoms with Gasteiger partial charge in [-0.25, -0.2) is 4.98 Å². The molecule has 1 amide bonds. The number of pyridine rings is 1. The number of fused-ring (bicyclic) bond motifs is 1. The molecule has 11 heteroatoms. The van der Waals surface area contributed by atoms with Gasteiger partial charge in [-0.1, -0.05) is 6.07 Å². The summed E-state index contributed by atoms with van der Waals surface area (Å²) in [5, 5.41) is 7.20. The summed E-state index contributed by atoms with van der Waals surface area (Å²) in [7, 11) is 1.55. The number of benzene rings is 1. The van der Waals surface area contributed by atoms with Crippen LogP contribution in [0, 0.1) is 5.95 Å². The highest BCUT2D eigenvalue weighted by molar-refractivity contribution is 7.15. The van der Waals surface area contributed by atoms with Crippen LogP contribution in [0.1, 0.15) is 10.5 Å². The number of halogens is 1. The SMILES string of the molecule is COc1ccc(-n2nc(C(=O)N3CCN(c4cccc(F)n4)CC3)c3csc(N)c3c2=O)cc1. The van der Waals surface area contributed by atoms with E-state index in [1.807, 2.05) is 4.90 Å². The van der Waals surface area contributed by atoms with E-state index in [2.05, 4.69) is 10.1 Å². The molecule has 5 rings (SSSR count). The van der Waals surface area contributed by atoms with Crippen LogP contribution in [0.4, 0.5) is 15.2 Å². The molecule has 9 nitrogen and oxygen atoms in total. The fourth-order valence-corrected chi connectivity index (χ4v) is 4.78. The van der Waals surface area contributed by atoms with Gasteiger partial charge < -0.3 is 20.3 Å². The predicted octanol–water partition coefficient (Wildman–Crippen LogP) is 2.53. The third kappa shape index (κ3) is 3.83. The smallest absolute Gasteiger partial charge is 0.282 e.